The summed E-state index contributed by atoms with van der Waals surface area (Å²) in [6.45, 7) is 5.56. The second-order valence-electron chi connectivity index (χ2n) is 5.48. The van der Waals surface area contributed by atoms with E-state index in [4.69, 9.17) is 11.6 Å². The van der Waals surface area contributed by atoms with Crippen LogP contribution in [0, 0.1) is 5.92 Å². The van der Waals surface area contributed by atoms with Crippen LogP contribution >= 0.6 is 22.9 Å². The van der Waals surface area contributed by atoms with Crippen molar-refractivity contribution in [2.75, 3.05) is 26.2 Å². The molecular formula is C14H21ClN2O3S2. The molecule has 0 N–H and O–H groups in total. The number of hydrogen-bond donors (Lipinski definition) is 0. The van der Waals surface area contributed by atoms with Crippen LogP contribution in [-0.4, -0.2) is 49.7 Å². The summed E-state index contributed by atoms with van der Waals surface area (Å²) in [5, 5.41) is 0. The van der Waals surface area contributed by atoms with E-state index in [-0.39, 0.29) is 16.0 Å². The third-order valence-corrected chi connectivity index (χ3v) is 7.43. The topological polar surface area (TPSA) is 57.7 Å². The van der Waals surface area contributed by atoms with Crippen molar-refractivity contribution in [2.45, 2.75) is 30.9 Å². The van der Waals surface area contributed by atoms with E-state index in [2.05, 4.69) is 6.92 Å². The smallest absolute Gasteiger partial charge is 0.252 e. The lowest BCUT2D eigenvalue weighted by Gasteiger charge is -2.35. The molecule has 1 fully saturated rings. The van der Waals surface area contributed by atoms with Crippen LogP contribution in [0.2, 0.25) is 4.34 Å². The molecule has 1 aliphatic rings. The van der Waals surface area contributed by atoms with Gasteiger partial charge in [0, 0.05) is 32.1 Å². The Balaban J connectivity index is 1.99. The van der Waals surface area contributed by atoms with Crippen molar-refractivity contribution in [1.82, 2.24) is 9.21 Å². The first-order valence-corrected chi connectivity index (χ1v) is 10.0. The Hall–Kier alpha value is -0.630. The second-order valence-corrected chi connectivity index (χ2v) is 9.36. The number of thiophene rings is 1. The minimum absolute atomic E-state index is 0.00394. The molecule has 0 saturated carbocycles. The summed E-state index contributed by atoms with van der Waals surface area (Å²) in [5.41, 5.74) is 0. The normalized spacial score (nSPS) is 18.4. The fourth-order valence-corrected chi connectivity index (χ4v) is 5.64. The zero-order chi connectivity index (χ0) is 16.3. The van der Waals surface area contributed by atoms with Gasteiger partial charge in [-0.1, -0.05) is 31.9 Å². The summed E-state index contributed by atoms with van der Waals surface area (Å²) in [4.78, 5) is 14.0. The average molecular weight is 365 g/mol. The van der Waals surface area contributed by atoms with E-state index in [0.717, 1.165) is 24.2 Å². The van der Waals surface area contributed by atoms with Crippen LogP contribution in [0.5, 0.6) is 0 Å². The van der Waals surface area contributed by atoms with Crippen LogP contribution in [0.25, 0.3) is 0 Å². The zero-order valence-electron chi connectivity index (χ0n) is 12.8. The van der Waals surface area contributed by atoms with Crippen molar-refractivity contribution in [3.63, 3.8) is 0 Å². The number of halogens is 1. The fourth-order valence-electron chi connectivity index (χ4n) is 2.58. The number of piperazine rings is 1. The van der Waals surface area contributed by atoms with Crippen LogP contribution in [0.3, 0.4) is 0 Å². The number of carbonyl (C=O) groups excluding carboxylic acids is 1. The molecule has 1 amide bonds. The van der Waals surface area contributed by atoms with E-state index in [1.807, 2.05) is 6.92 Å². The van der Waals surface area contributed by atoms with Crippen molar-refractivity contribution < 1.29 is 13.2 Å². The largest absolute Gasteiger partial charge is 0.340 e. The Kier molecular flexibility index (Phi) is 5.87. The number of amides is 1. The van der Waals surface area contributed by atoms with Crippen molar-refractivity contribution in [3.8, 4) is 0 Å². The van der Waals surface area contributed by atoms with Gasteiger partial charge >= 0.3 is 0 Å². The molecule has 124 valence electrons. The Bertz CT molecular complexity index is 622. The maximum atomic E-state index is 12.5. The van der Waals surface area contributed by atoms with E-state index in [1.54, 1.807) is 11.0 Å². The number of carbonyl (C=O) groups is 1. The van der Waals surface area contributed by atoms with E-state index in [0.29, 0.717) is 30.5 Å². The minimum atomic E-state index is -3.49. The standard InChI is InChI=1S/C14H21ClN2O3S2/c1-3-4-11(2)14(18)16-7-9-17(10-8-16)22(19,20)13-6-5-12(15)21-13/h5-6,11H,3-4,7-10H2,1-2H3. The molecule has 5 nitrogen and oxygen atoms in total. The van der Waals surface area contributed by atoms with Gasteiger partial charge in [0.05, 0.1) is 4.34 Å². The third-order valence-electron chi connectivity index (χ3n) is 3.84. The minimum Gasteiger partial charge on any atom is -0.340 e. The van der Waals surface area contributed by atoms with Crippen molar-refractivity contribution in [1.29, 1.82) is 0 Å². The number of hydrogen-bond acceptors (Lipinski definition) is 4. The third kappa shape index (κ3) is 3.82. The van der Waals surface area contributed by atoms with Gasteiger partial charge in [-0.2, -0.15) is 4.31 Å². The van der Waals surface area contributed by atoms with Crippen LogP contribution in [0.1, 0.15) is 26.7 Å². The second kappa shape index (κ2) is 7.29. The monoisotopic (exact) mass is 364 g/mol. The van der Waals surface area contributed by atoms with Gasteiger partial charge in [0.25, 0.3) is 10.0 Å². The molecule has 0 radical (unpaired) electrons. The molecule has 1 aromatic heterocycles. The van der Waals surface area contributed by atoms with Gasteiger partial charge in [0.2, 0.25) is 5.91 Å². The van der Waals surface area contributed by atoms with Crippen molar-refractivity contribution in [2.24, 2.45) is 5.92 Å². The molecule has 0 aliphatic carbocycles. The number of nitrogens with zero attached hydrogens (tertiary/aromatic N) is 2. The summed E-state index contributed by atoms with van der Waals surface area (Å²) in [6.07, 6.45) is 1.84. The Labute approximate surface area is 140 Å². The lowest BCUT2D eigenvalue weighted by atomic mass is 10.0. The zero-order valence-corrected chi connectivity index (χ0v) is 15.2. The van der Waals surface area contributed by atoms with Crippen molar-refractivity contribution in [3.05, 3.63) is 16.5 Å². The summed E-state index contributed by atoms with van der Waals surface area (Å²) >= 11 is 6.88. The first-order valence-electron chi connectivity index (χ1n) is 7.40. The van der Waals surface area contributed by atoms with Gasteiger partial charge in [-0.15, -0.1) is 11.3 Å². The Morgan fingerprint density at radius 3 is 2.45 bits per heavy atom. The highest BCUT2D eigenvalue weighted by atomic mass is 35.5. The summed E-state index contributed by atoms with van der Waals surface area (Å²) < 4.78 is 27.1. The maximum Gasteiger partial charge on any atom is 0.252 e. The molecule has 2 heterocycles. The fraction of sp³-hybridized carbons (Fsp3) is 0.643. The van der Waals surface area contributed by atoms with Crippen molar-refractivity contribution >= 4 is 38.9 Å². The highest BCUT2D eigenvalue weighted by Crippen LogP contribution is 2.28. The summed E-state index contributed by atoms with van der Waals surface area (Å²) in [6, 6.07) is 3.12. The van der Waals surface area contributed by atoms with E-state index in [1.165, 1.54) is 10.4 Å². The quantitative estimate of drug-likeness (QED) is 0.807. The molecule has 22 heavy (non-hydrogen) atoms. The maximum absolute atomic E-state index is 12.5. The highest BCUT2D eigenvalue weighted by Gasteiger charge is 2.32. The predicted molar refractivity (Wildman–Crippen MR) is 88.7 cm³/mol. The first-order chi connectivity index (χ1) is 10.4. The van der Waals surface area contributed by atoms with Gasteiger partial charge in [0.1, 0.15) is 4.21 Å². The highest BCUT2D eigenvalue weighted by molar-refractivity contribution is 7.91. The number of rotatable bonds is 5. The average Bonchev–Trinajstić information content (AvgIpc) is 2.94. The van der Waals surface area contributed by atoms with Gasteiger partial charge in [0.15, 0.2) is 0 Å². The van der Waals surface area contributed by atoms with Crippen LogP contribution in [-0.2, 0) is 14.8 Å². The predicted octanol–water partition coefficient (Wildman–Crippen LogP) is 2.67. The molecule has 8 heteroatoms. The molecule has 0 aromatic carbocycles. The van der Waals surface area contributed by atoms with Gasteiger partial charge in [-0.05, 0) is 18.6 Å². The number of sulfonamides is 1. The van der Waals surface area contributed by atoms with Crippen LogP contribution < -0.4 is 0 Å². The Morgan fingerprint density at radius 1 is 1.32 bits per heavy atom. The van der Waals surface area contributed by atoms with Gasteiger partial charge < -0.3 is 4.90 Å². The Morgan fingerprint density at radius 2 is 1.95 bits per heavy atom. The molecule has 1 aliphatic heterocycles. The molecule has 1 aromatic rings. The van der Waals surface area contributed by atoms with E-state index >= 15 is 0 Å². The van der Waals surface area contributed by atoms with E-state index in [9.17, 15) is 13.2 Å². The molecule has 0 spiro atoms. The summed E-state index contributed by atoms with van der Waals surface area (Å²) in [7, 11) is -3.49. The summed E-state index contributed by atoms with van der Waals surface area (Å²) in [5.74, 6) is 0.127. The molecule has 0 bridgehead atoms. The molecule has 1 atom stereocenters. The molecule has 1 unspecified atom stereocenters. The van der Waals surface area contributed by atoms with Gasteiger partial charge in [-0.3, -0.25) is 4.79 Å². The molecule has 2 rings (SSSR count). The lowest BCUT2D eigenvalue weighted by Crippen LogP contribution is -2.51. The molecular weight excluding hydrogens is 344 g/mol. The van der Waals surface area contributed by atoms with E-state index < -0.39 is 10.0 Å². The molecule has 1 saturated heterocycles. The van der Waals surface area contributed by atoms with Gasteiger partial charge in [-0.25, -0.2) is 8.42 Å². The van der Waals surface area contributed by atoms with Crippen LogP contribution in [0.4, 0.5) is 0 Å². The lowest BCUT2D eigenvalue weighted by molar-refractivity contribution is -0.136. The SMILES string of the molecule is CCCC(C)C(=O)N1CCN(S(=O)(=O)c2ccc(Cl)s2)CC1. The van der Waals surface area contributed by atoms with Crippen LogP contribution in [0.15, 0.2) is 16.3 Å². The first kappa shape index (κ1) is 17.7.